The van der Waals surface area contributed by atoms with E-state index in [4.69, 9.17) is 16.3 Å². The van der Waals surface area contributed by atoms with E-state index in [2.05, 4.69) is 31.5 Å². The van der Waals surface area contributed by atoms with Crippen LogP contribution in [-0.2, 0) is 0 Å². The van der Waals surface area contributed by atoms with Crippen molar-refractivity contribution in [1.29, 1.82) is 0 Å². The number of ether oxygens (including phenoxy) is 1. The fourth-order valence-corrected chi connectivity index (χ4v) is 2.79. The van der Waals surface area contributed by atoms with Crippen LogP contribution < -0.4 is 4.74 Å². The van der Waals surface area contributed by atoms with Gasteiger partial charge in [0.2, 0.25) is 0 Å². The molecule has 0 saturated heterocycles. The van der Waals surface area contributed by atoms with Gasteiger partial charge in [0.1, 0.15) is 12.1 Å². The Morgan fingerprint density at radius 3 is 2.74 bits per heavy atom. The van der Waals surface area contributed by atoms with Gasteiger partial charge in [0.25, 0.3) is 0 Å². The van der Waals surface area contributed by atoms with Gasteiger partial charge in [0.15, 0.2) is 0 Å². The first kappa shape index (κ1) is 15.6. The van der Waals surface area contributed by atoms with Crippen LogP contribution in [-0.4, -0.2) is 26.2 Å². The summed E-state index contributed by atoms with van der Waals surface area (Å²) in [6.45, 7) is 1.87. The monoisotopic (exact) mass is 392 g/mol. The molecule has 6 nitrogen and oxygen atoms in total. The molecule has 0 atom stereocenters. The van der Waals surface area contributed by atoms with Crippen molar-refractivity contribution in [3.05, 3.63) is 63.3 Å². The zero-order valence-electron chi connectivity index (χ0n) is 11.9. The summed E-state index contributed by atoms with van der Waals surface area (Å²) in [6.07, 6.45) is 1.49. The van der Waals surface area contributed by atoms with Gasteiger partial charge < -0.3 is 4.74 Å². The molecule has 8 heteroatoms. The van der Waals surface area contributed by atoms with Gasteiger partial charge in [-0.25, -0.2) is 9.48 Å². The van der Waals surface area contributed by atoms with E-state index in [0.29, 0.717) is 20.8 Å². The van der Waals surface area contributed by atoms with Gasteiger partial charge >= 0.3 is 5.97 Å². The predicted molar refractivity (Wildman–Crippen MR) is 88.0 cm³/mol. The summed E-state index contributed by atoms with van der Waals surface area (Å²) in [5.41, 5.74) is 2.07. The van der Waals surface area contributed by atoms with Crippen molar-refractivity contribution in [3.63, 3.8) is 0 Å². The van der Waals surface area contributed by atoms with Gasteiger partial charge in [-0.05, 0) is 75.2 Å². The lowest BCUT2D eigenvalue weighted by Crippen LogP contribution is -2.10. The molecule has 116 valence electrons. The van der Waals surface area contributed by atoms with Crippen molar-refractivity contribution < 1.29 is 9.53 Å². The molecule has 1 aromatic heterocycles. The number of halogens is 2. The van der Waals surface area contributed by atoms with Gasteiger partial charge in [0.05, 0.1) is 15.7 Å². The molecule has 3 aromatic rings. The quantitative estimate of drug-likeness (QED) is 0.502. The number of aromatic nitrogens is 4. The van der Waals surface area contributed by atoms with Crippen molar-refractivity contribution in [3.8, 4) is 11.4 Å². The van der Waals surface area contributed by atoms with Crippen LogP contribution in [0.4, 0.5) is 0 Å². The number of hydrogen-bond acceptors (Lipinski definition) is 5. The molecule has 0 fully saturated rings. The number of rotatable bonds is 3. The summed E-state index contributed by atoms with van der Waals surface area (Å²) in [7, 11) is 0. The topological polar surface area (TPSA) is 69.9 Å². The number of carbonyl (C=O) groups excluding carboxylic acids is 1. The molecule has 0 bridgehead atoms. The van der Waals surface area contributed by atoms with Gasteiger partial charge in [-0.3, -0.25) is 0 Å². The molecule has 0 aliphatic heterocycles. The Morgan fingerprint density at radius 1 is 1.26 bits per heavy atom. The van der Waals surface area contributed by atoms with Gasteiger partial charge in [-0.1, -0.05) is 11.6 Å². The molecule has 0 spiro atoms. The highest BCUT2D eigenvalue weighted by molar-refractivity contribution is 9.10. The predicted octanol–water partition coefficient (Wildman–Crippen LogP) is 3.61. The summed E-state index contributed by atoms with van der Waals surface area (Å²) >= 11 is 9.18. The van der Waals surface area contributed by atoms with Crippen molar-refractivity contribution in [2.24, 2.45) is 0 Å². The molecule has 0 amide bonds. The van der Waals surface area contributed by atoms with E-state index in [0.717, 1.165) is 11.3 Å². The number of hydrogen-bond donors (Lipinski definition) is 0. The Hall–Kier alpha value is -2.25. The summed E-state index contributed by atoms with van der Waals surface area (Å²) in [4.78, 5) is 12.3. The minimum Gasteiger partial charge on any atom is -0.422 e. The number of tetrazole rings is 1. The zero-order chi connectivity index (χ0) is 16.4. The highest BCUT2D eigenvalue weighted by Crippen LogP contribution is 2.28. The van der Waals surface area contributed by atoms with E-state index >= 15 is 0 Å². The third-order valence-corrected chi connectivity index (χ3v) is 3.98. The molecular formula is C15H10BrClN4O2. The van der Waals surface area contributed by atoms with Crippen molar-refractivity contribution in [1.82, 2.24) is 20.2 Å². The van der Waals surface area contributed by atoms with E-state index in [9.17, 15) is 4.79 Å². The molecule has 0 radical (unpaired) electrons. The van der Waals surface area contributed by atoms with Crippen LogP contribution in [0.3, 0.4) is 0 Å². The van der Waals surface area contributed by atoms with Crippen molar-refractivity contribution in [2.75, 3.05) is 0 Å². The molecule has 0 N–H and O–H groups in total. The maximum absolute atomic E-state index is 12.3. The Balaban J connectivity index is 1.84. The third kappa shape index (κ3) is 3.40. The third-order valence-electron chi connectivity index (χ3n) is 3.12. The fraction of sp³-hybridized carbons (Fsp3) is 0.0667. The lowest BCUT2D eigenvalue weighted by molar-refractivity contribution is 0.0733. The van der Waals surface area contributed by atoms with Crippen LogP contribution in [0.1, 0.15) is 15.9 Å². The molecule has 0 aliphatic carbocycles. The van der Waals surface area contributed by atoms with Crippen LogP contribution in [0.15, 0.2) is 47.2 Å². The molecule has 2 aromatic carbocycles. The zero-order valence-corrected chi connectivity index (χ0v) is 14.2. The average Bonchev–Trinajstić information content (AvgIpc) is 3.04. The van der Waals surface area contributed by atoms with Crippen molar-refractivity contribution >= 4 is 33.5 Å². The first-order valence-corrected chi connectivity index (χ1v) is 7.73. The van der Waals surface area contributed by atoms with Gasteiger partial charge in [-0.2, -0.15) is 0 Å². The number of carbonyl (C=O) groups is 1. The van der Waals surface area contributed by atoms with Crippen LogP contribution in [0.2, 0.25) is 5.02 Å². The molecule has 0 aliphatic rings. The van der Waals surface area contributed by atoms with E-state index in [1.807, 2.05) is 6.92 Å². The number of benzene rings is 2. The standard InChI is InChI=1S/C15H10BrClN4O2/c1-9-6-10(2-4-13(9)21-8-18-19-20-21)15(22)23-14-5-3-11(17)7-12(14)16/h2-8H,1H3. The summed E-state index contributed by atoms with van der Waals surface area (Å²) in [5.74, 6) is -0.0546. The molecule has 0 unspecified atom stereocenters. The second kappa shape index (κ2) is 6.47. The molecule has 1 heterocycles. The van der Waals surface area contributed by atoms with Crippen LogP contribution in [0.25, 0.3) is 5.69 Å². The maximum atomic E-state index is 12.3. The van der Waals surface area contributed by atoms with Gasteiger partial charge in [-0.15, -0.1) is 5.10 Å². The molecular weight excluding hydrogens is 384 g/mol. The number of esters is 1. The second-order valence-corrected chi connectivity index (χ2v) is 6.01. The lowest BCUT2D eigenvalue weighted by Gasteiger charge is -2.09. The minimum absolute atomic E-state index is 0.404. The molecule has 3 rings (SSSR count). The minimum atomic E-state index is -0.459. The number of aryl methyl sites for hydroxylation is 1. The Kier molecular flexibility index (Phi) is 4.40. The van der Waals surface area contributed by atoms with E-state index in [1.54, 1.807) is 36.4 Å². The second-order valence-electron chi connectivity index (χ2n) is 4.72. The lowest BCUT2D eigenvalue weighted by atomic mass is 10.1. The summed E-state index contributed by atoms with van der Waals surface area (Å²) in [6, 6.07) is 10.1. The van der Waals surface area contributed by atoms with Crippen LogP contribution >= 0.6 is 27.5 Å². The average molecular weight is 394 g/mol. The van der Waals surface area contributed by atoms with E-state index in [1.165, 1.54) is 11.0 Å². The Morgan fingerprint density at radius 2 is 2.09 bits per heavy atom. The molecule has 23 heavy (non-hydrogen) atoms. The number of nitrogens with zero attached hydrogens (tertiary/aromatic N) is 4. The highest BCUT2D eigenvalue weighted by Gasteiger charge is 2.13. The van der Waals surface area contributed by atoms with Crippen molar-refractivity contribution in [2.45, 2.75) is 6.92 Å². The maximum Gasteiger partial charge on any atom is 0.343 e. The SMILES string of the molecule is Cc1cc(C(=O)Oc2ccc(Cl)cc2Br)ccc1-n1cnnn1. The smallest absolute Gasteiger partial charge is 0.343 e. The fourth-order valence-electron chi connectivity index (χ4n) is 2.03. The normalized spacial score (nSPS) is 10.6. The van der Waals surface area contributed by atoms with Crippen LogP contribution in [0, 0.1) is 6.92 Å². The highest BCUT2D eigenvalue weighted by atomic mass is 79.9. The van der Waals surface area contributed by atoms with E-state index < -0.39 is 5.97 Å². The Labute approximate surface area is 145 Å². The summed E-state index contributed by atoms with van der Waals surface area (Å²) in [5, 5.41) is 11.6. The molecule has 0 saturated carbocycles. The van der Waals surface area contributed by atoms with Crippen LogP contribution in [0.5, 0.6) is 5.75 Å². The largest absolute Gasteiger partial charge is 0.422 e. The first-order valence-electron chi connectivity index (χ1n) is 6.56. The Bertz CT molecular complexity index is 868. The first-order chi connectivity index (χ1) is 11.0. The summed E-state index contributed by atoms with van der Waals surface area (Å²) < 4.78 is 7.52. The van der Waals surface area contributed by atoms with Gasteiger partial charge in [0, 0.05) is 5.02 Å². The van der Waals surface area contributed by atoms with E-state index in [-0.39, 0.29) is 0 Å².